The van der Waals surface area contributed by atoms with Crippen LogP contribution in [0.15, 0.2) is 20.3 Å². The average Bonchev–Trinajstić information content (AvgIpc) is 2.41. The molecular weight excluding hydrogens is 324 g/mol. The highest BCUT2D eigenvalue weighted by Gasteiger charge is 2.14. The number of nitrogens with one attached hydrogen (secondary N) is 2. The number of aromatic nitrogens is 1. The number of pyridine rings is 1. The van der Waals surface area contributed by atoms with E-state index in [-0.39, 0.29) is 18.5 Å². The van der Waals surface area contributed by atoms with Gasteiger partial charge in [-0.1, -0.05) is 6.92 Å². The molecule has 1 aliphatic rings. The van der Waals surface area contributed by atoms with Crippen molar-refractivity contribution in [2.24, 2.45) is 4.99 Å². The van der Waals surface area contributed by atoms with Crippen LogP contribution in [0.4, 0.5) is 0 Å². The molecule has 0 saturated carbocycles. The Hall–Kier alpha value is -1.18. The molecule has 1 aromatic heterocycles. The van der Waals surface area contributed by atoms with Gasteiger partial charge in [-0.25, -0.2) is 4.99 Å². The Morgan fingerprint density at radius 2 is 2.35 bits per heavy atom. The minimum Gasteiger partial charge on any atom is -0.396 e. The fourth-order valence-electron chi connectivity index (χ4n) is 2.20. The lowest BCUT2D eigenvalue weighted by Crippen LogP contribution is -2.54. The predicted octanol–water partition coefficient (Wildman–Crippen LogP) is -0.763. The molecule has 0 saturated heterocycles. The zero-order valence-electron chi connectivity index (χ0n) is 11.6. The fraction of sp³-hybridized carbons (Fsp3) is 0.538. The summed E-state index contributed by atoms with van der Waals surface area (Å²) in [4.78, 5) is 16.8. The van der Waals surface area contributed by atoms with Gasteiger partial charge in [-0.3, -0.25) is 14.7 Å². The van der Waals surface area contributed by atoms with E-state index < -0.39 is 0 Å². The van der Waals surface area contributed by atoms with Crippen LogP contribution in [0, 0.1) is 0 Å². The summed E-state index contributed by atoms with van der Waals surface area (Å²) in [6.45, 7) is 5.24. The third kappa shape index (κ3) is 2.94. The Balaban J connectivity index is 2.66. The minimum atomic E-state index is -0.228. The van der Waals surface area contributed by atoms with Crippen LogP contribution in [0.25, 0.3) is 5.70 Å². The summed E-state index contributed by atoms with van der Waals surface area (Å²) in [5.74, 6) is 0. The first-order valence-corrected chi connectivity index (χ1v) is 7.46. The SMILES string of the molecule is CCNC1N=c2c(cc(Br)c(=O)n2CCCO)=C(C)N1. The molecule has 0 aromatic carbocycles. The van der Waals surface area contributed by atoms with Crippen LogP contribution in [0.1, 0.15) is 20.3 Å². The molecular formula is C13H19BrN4O2. The number of hydrogen-bond donors (Lipinski definition) is 3. The monoisotopic (exact) mass is 342 g/mol. The first-order chi connectivity index (χ1) is 9.58. The number of aliphatic hydroxyl groups excluding tert-OH is 1. The topological polar surface area (TPSA) is 78.7 Å². The first kappa shape index (κ1) is 15.2. The smallest absolute Gasteiger partial charge is 0.266 e. The van der Waals surface area contributed by atoms with Gasteiger partial charge in [0.1, 0.15) is 5.49 Å². The molecule has 1 aliphatic heterocycles. The number of rotatable bonds is 5. The Labute approximate surface area is 125 Å². The quantitative estimate of drug-likeness (QED) is 0.657. The van der Waals surface area contributed by atoms with Crippen molar-refractivity contribution in [3.8, 4) is 0 Å². The van der Waals surface area contributed by atoms with E-state index >= 15 is 0 Å². The second-order valence-electron chi connectivity index (χ2n) is 4.62. The van der Waals surface area contributed by atoms with E-state index in [0.717, 1.165) is 17.5 Å². The molecule has 110 valence electrons. The number of nitrogens with zero attached hydrogens (tertiary/aromatic N) is 2. The lowest BCUT2D eigenvalue weighted by molar-refractivity contribution is 0.277. The zero-order chi connectivity index (χ0) is 14.7. The maximum Gasteiger partial charge on any atom is 0.266 e. The number of hydrogen-bond acceptors (Lipinski definition) is 5. The van der Waals surface area contributed by atoms with Gasteiger partial charge < -0.3 is 10.4 Å². The highest BCUT2D eigenvalue weighted by Crippen LogP contribution is 2.00. The van der Waals surface area contributed by atoms with Gasteiger partial charge in [-0.2, -0.15) is 0 Å². The Bertz CT molecular complexity index is 668. The molecule has 3 N–H and O–H groups in total. The van der Waals surface area contributed by atoms with Crippen molar-refractivity contribution in [1.82, 2.24) is 15.2 Å². The molecule has 1 unspecified atom stereocenters. The second-order valence-corrected chi connectivity index (χ2v) is 5.48. The summed E-state index contributed by atoms with van der Waals surface area (Å²) in [7, 11) is 0. The van der Waals surface area contributed by atoms with Crippen molar-refractivity contribution in [1.29, 1.82) is 0 Å². The molecule has 6 nitrogen and oxygen atoms in total. The Morgan fingerprint density at radius 1 is 1.60 bits per heavy atom. The summed E-state index contributed by atoms with van der Waals surface area (Å²) in [6.07, 6.45) is 0.296. The lowest BCUT2D eigenvalue weighted by atomic mass is 10.2. The van der Waals surface area contributed by atoms with E-state index in [1.165, 1.54) is 0 Å². The fourth-order valence-corrected chi connectivity index (χ4v) is 2.65. The number of fused-ring (bicyclic) bond motifs is 1. The van der Waals surface area contributed by atoms with Gasteiger partial charge >= 0.3 is 0 Å². The second kappa shape index (κ2) is 6.51. The van der Waals surface area contributed by atoms with Crippen molar-refractivity contribution in [2.75, 3.05) is 13.2 Å². The summed E-state index contributed by atoms with van der Waals surface area (Å²) in [5, 5.41) is 16.4. The molecule has 0 radical (unpaired) electrons. The van der Waals surface area contributed by atoms with Crippen LogP contribution in [-0.2, 0) is 6.54 Å². The van der Waals surface area contributed by atoms with Gasteiger partial charge in [0.2, 0.25) is 0 Å². The third-order valence-corrected chi connectivity index (χ3v) is 3.73. The molecule has 20 heavy (non-hydrogen) atoms. The molecule has 0 amide bonds. The van der Waals surface area contributed by atoms with Crippen molar-refractivity contribution in [3.05, 3.63) is 31.6 Å². The highest BCUT2D eigenvalue weighted by atomic mass is 79.9. The number of halogens is 1. The molecule has 0 aliphatic carbocycles. The van der Waals surface area contributed by atoms with Gasteiger partial charge in [-0.15, -0.1) is 0 Å². The van der Waals surface area contributed by atoms with Crippen molar-refractivity contribution in [2.45, 2.75) is 33.1 Å². The maximum absolute atomic E-state index is 12.2. The van der Waals surface area contributed by atoms with Crippen LogP contribution in [0.5, 0.6) is 0 Å². The Kier molecular flexibility index (Phi) is 4.95. The summed E-state index contributed by atoms with van der Waals surface area (Å²) in [6, 6.07) is 1.79. The summed E-state index contributed by atoms with van der Waals surface area (Å²) in [5.41, 5.74) is 1.51. The third-order valence-electron chi connectivity index (χ3n) is 3.16. The first-order valence-electron chi connectivity index (χ1n) is 6.67. The van der Waals surface area contributed by atoms with Crippen molar-refractivity contribution in [3.63, 3.8) is 0 Å². The zero-order valence-corrected chi connectivity index (χ0v) is 13.2. The summed E-state index contributed by atoms with van der Waals surface area (Å²) >= 11 is 3.30. The van der Waals surface area contributed by atoms with Crippen LogP contribution >= 0.6 is 15.9 Å². The minimum absolute atomic E-state index is 0.0469. The van der Waals surface area contributed by atoms with Crippen molar-refractivity contribution < 1.29 is 5.11 Å². The van der Waals surface area contributed by atoms with E-state index in [2.05, 4.69) is 31.6 Å². The molecule has 1 atom stereocenters. The molecule has 7 heteroatoms. The standard InChI is InChI=1S/C13H19BrN4O2/c1-3-15-13-16-8(2)9-7-10(14)12(20)18(5-4-6-19)11(9)17-13/h7,13,15-16,19H,3-6H2,1-2H3. The molecule has 1 aromatic rings. The van der Waals surface area contributed by atoms with E-state index in [4.69, 9.17) is 5.11 Å². The van der Waals surface area contributed by atoms with Crippen LogP contribution in [0.2, 0.25) is 0 Å². The van der Waals surface area contributed by atoms with E-state index in [9.17, 15) is 4.79 Å². The predicted molar refractivity (Wildman–Crippen MR) is 80.6 cm³/mol. The molecule has 2 heterocycles. The molecule has 0 spiro atoms. The average molecular weight is 343 g/mol. The number of aliphatic hydroxyl groups is 1. The normalized spacial score (nSPS) is 17.4. The maximum atomic E-state index is 12.2. The van der Waals surface area contributed by atoms with E-state index in [0.29, 0.717) is 22.9 Å². The molecule has 0 fully saturated rings. The van der Waals surface area contributed by atoms with Crippen LogP contribution in [0.3, 0.4) is 0 Å². The van der Waals surface area contributed by atoms with Gasteiger partial charge in [-0.05, 0) is 41.9 Å². The highest BCUT2D eigenvalue weighted by molar-refractivity contribution is 9.10. The van der Waals surface area contributed by atoms with E-state index in [1.807, 2.05) is 13.8 Å². The van der Waals surface area contributed by atoms with Gasteiger partial charge in [0.05, 0.1) is 4.47 Å². The summed E-state index contributed by atoms with van der Waals surface area (Å²) < 4.78 is 2.12. The van der Waals surface area contributed by atoms with Gasteiger partial charge in [0, 0.05) is 24.1 Å². The Morgan fingerprint density at radius 3 is 3.00 bits per heavy atom. The van der Waals surface area contributed by atoms with Crippen LogP contribution in [-0.4, -0.2) is 29.1 Å². The van der Waals surface area contributed by atoms with E-state index in [1.54, 1.807) is 10.6 Å². The van der Waals surface area contributed by atoms with Gasteiger partial charge in [0.25, 0.3) is 5.56 Å². The van der Waals surface area contributed by atoms with Gasteiger partial charge in [0.15, 0.2) is 6.29 Å². The molecule has 0 bridgehead atoms. The largest absolute Gasteiger partial charge is 0.396 e. The van der Waals surface area contributed by atoms with Crippen molar-refractivity contribution >= 4 is 21.6 Å². The lowest BCUT2D eigenvalue weighted by Gasteiger charge is -2.22. The molecule has 2 rings (SSSR count). The van der Waals surface area contributed by atoms with Crippen LogP contribution < -0.4 is 26.9 Å².